The zero-order valence-electron chi connectivity index (χ0n) is 13.0. The number of aryl methyl sites for hydroxylation is 3. The zero-order valence-corrected chi connectivity index (χ0v) is 13.0. The summed E-state index contributed by atoms with van der Waals surface area (Å²) in [6.07, 6.45) is 2.51. The van der Waals surface area contributed by atoms with Crippen LogP contribution >= 0.6 is 0 Å². The second-order valence-corrected chi connectivity index (χ2v) is 5.78. The van der Waals surface area contributed by atoms with Crippen LogP contribution in [0.5, 0.6) is 0 Å². The Morgan fingerprint density at radius 3 is 2.43 bits per heavy atom. The van der Waals surface area contributed by atoms with E-state index in [2.05, 4.69) is 52.2 Å². The summed E-state index contributed by atoms with van der Waals surface area (Å²) < 4.78 is 0. The first-order chi connectivity index (χ1) is 10.1. The SMILES string of the molecule is Cc1nc(Nc2ccc(C)c(C)c2)cc(N2CCCC2)n1. The molecule has 110 valence electrons. The molecule has 0 saturated carbocycles. The van der Waals surface area contributed by atoms with Crippen molar-refractivity contribution < 1.29 is 0 Å². The molecular formula is C17H22N4. The van der Waals surface area contributed by atoms with Crippen LogP contribution in [-0.4, -0.2) is 23.1 Å². The van der Waals surface area contributed by atoms with E-state index in [-0.39, 0.29) is 0 Å². The van der Waals surface area contributed by atoms with E-state index in [1.807, 2.05) is 13.0 Å². The van der Waals surface area contributed by atoms with E-state index < -0.39 is 0 Å². The second-order valence-electron chi connectivity index (χ2n) is 5.78. The summed E-state index contributed by atoms with van der Waals surface area (Å²) in [6, 6.07) is 8.43. The summed E-state index contributed by atoms with van der Waals surface area (Å²) in [5, 5.41) is 3.40. The van der Waals surface area contributed by atoms with Crippen molar-refractivity contribution >= 4 is 17.3 Å². The first-order valence-electron chi connectivity index (χ1n) is 7.57. The monoisotopic (exact) mass is 282 g/mol. The van der Waals surface area contributed by atoms with Gasteiger partial charge in [0.15, 0.2) is 0 Å². The molecule has 21 heavy (non-hydrogen) atoms. The molecule has 1 N–H and O–H groups in total. The van der Waals surface area contributed by atoms with E-state index in [0.29, 0.717) is 0 Å². The van der Waals surface area contributed by atoms with Gasteiger partial charge in [-0.3, -0.25) is 0 Å². The predicted molar refractivity (Wildman–Crippen MR) is 87.4 cm³/mol. The van der Waals surface area contributed by atoms with Gasteiger partial charge in [0.05, 0.1) is 0 Å². The number of hydrogen-bond acceptors (Lipinski definition) is 4. The summed E-state index contributed by atoms with van der Waals surface area (Å²) in [5.74, 6) is 2.71. The number of hydrogen-bond donors (Lipinski definition) is 1. The van der Waals surface area contributed by atoms with Gasteiger partial charge in [-0.05, 0) is 56.9 Å². The summed E-state index contributed by atoms with van der Waals surface area (Å²) >= 11 is 0. The largest absolute Gasteiger partial charge is 0.356 e. The van der Waals surface area contributed by atoms with Crippen LogP contribution in [-0.2, 0) is 0 Å². The third-order valence-corrected chi connectivity index (χ3v) is 4.03. The van der Waals surface area contributed by atoms with Crippen LogP contribution in [0.15, 0.2) is 24.3 Å². The smallest absolute Gasteiger partial charge is 0.136 e. The van der Waals surface area contributed by atoms with Gasteiger partial charge in [-0.2, -0.15) is 0 Å². The minimum Gasteiger partial charge on any atom is -0.356 e. The number of nitrogens with one attached hydrogen (secondary N) is 1. The zero-order chi connectivity index (χ0) is 14.8. The summed E-state index contributed by atoms with van der Waals surface area (Å²) in [5.41, 5.74) is 3.66. The molecule has 0 aliphatic carbocycles. The van der Waals surface area contributed by atoms with E-state index >= 15 is 0 Å². The molecule has 0 spiro atoms. The molecule has 1 saturated heterocycles. The number of aromatic nitrogens is 2. The Balaban J connectivity index is 1.85. The highest BCUT2D eigenvalue weighted by Crippen LogP contribution is 2.23. The van der Waals surface area contributed by atoms with Crippen LogP contribution in [0.4, 0.5) is 17.3 Å². The van der Waals surface area contributed by atoms with Crippen molar-refractivity contribution in [3.05, 3.63) is 41.2 Å². The standard InChI is InChI=1S/C17H22N4/c1-12-6-7-15(10-13(12)2)20-16-11-17(19-14(3)18-16)21-8-4-5-9-21/h6-7,10-11H,4-5,8-9H2,1-3H3,(H,18,19,20). The third kappa shape index (κ3) is 3.15. The Bertz CT molecular complexity index is 645. The van der Waals surface area contributed by atoms with Gasteiger partial charge in [-0.25, -0.2) is 9.97 Å². The summed E-state index contributed by atoms with van der Waals surface area (Å²) in [6.45, 7) is 8.39. The quantitative estimate of drug-likeness (QED) is 0.931. The molecule has 0 amide bonds. The topological polar surface area (TPSA) is 41.1 Å². The Labute approximate surface area is 126 Å². The molecule has 2 aromatic rings. The lowest BCUT2D eigenvalue weighted by Gasteiger charge is -2.18. The minimum absolute atomic E-state index is 0.811. The van der Waals surface area contributed by atoms with Crippen LogP contribution in [0.1, 0.15) is 29.8 Å². The third-order valence-electron chi connectivity index (χ3n) is 4.03. The molecule has 0 bridgehead atoms. The van der Waals surface area contributed by atoms with Crippen LogP contribution in [0.25, 0.3) is 0 Å². The lowest BCUT2D eigenvalue weighted by atomic mass is 10.1. The summed E-state index contributed by atoms with van der Waals surface area (Å²) in [7, 11) is 0. The highest BCUT2D eigenvalue weighted by atomic mass is 15.2. The molecule has 2 heterocycles. The fraction of sp³-hybridized carbons (Fsp3) is 0.412. The highest BCUT2D eigenvalue weighted by Gasteiger charge is 2.15. The van der Waals surface area contributed by atoms with Crippen molar-refractivity contribution in [3.8, 4) is 0 Å². The molecule has 3 rings (SSSR count). The van der Waals surface area contributed by atoms with Crippen LogP contribution < -0.4 is 10.2 Å². The van der Waals surface area contributed by atoms with Crippen LogP contribution in [0.3, 0.4) is 0 Å². The minimum atomic E-state index is 0.811. The number of nitrogens with zero attached hydrogens (tertiary/aromatic N) is 3. The lowest BCUT2D eigenvalue weighted by Crippen LogP contribution is -2.19. The second kappa shape index (κ2) is 5.72. The molecule has 4 heteroatoms. The van der Waals surface area contributed by atoms with Gasteiger partial charge in [0.2, 0.25) is 0 Å². The maximum atomic E-state index is 4.56. The molecular weight excluding hydrogens is 260 g/mol. The van der Waals surface area contributed by atoms with Gasteiger partial charge in [0.25, 0.3) is 0 Å². The number of rotatable bonds is 3. The van der Waals surface area contributed by atoms with Gasteiger partial charge >= 0.3 is 0 Å². The molecule has 1 aliphatic rings. The molecule has 0 radical (unpaired) electrons. The van der Waals surface area contributed by atoms with Crippen molar-refractivity contribution in [2.45, 2.75) is 33.6 Å². The van der Waals surface area contributed by atoms with Gasteiger partial charge in [0, 0.05) is 24.8 Å². The molecule has 1 aromatic heterocycles. The molecule has 1 aromatic carbocycles. The maximum absolute atomic E-state index is 4.56. The van der Waals surface area contributed by atoms with Gasteiger partial charge < -0.3 is 10.2 Å². The summed E-state index contributed by atoms with van der Waals surface area (Å²) in [4.78, 5) is 11.4. The van der Waals surface area contributed by atoms with Crippen molar-refractivity contribution in [2.24, 2.45) is 0 Å². The average molecular weight is 282 g/mol. The van der Waals surface area contributed by atoms with Crippen molar-refractivity contribution in [2.75, 3.05) is 23.3 Å². The molecule has 1 aliphatic heterocycles. The molecule has 0 unspecified atom stereocenters. The van der Waals surface area contributed by atoms with Crippen molar-refractivity contribution in [3.63, 3.8) is 0 Å². The fourth-order valence-electron chi connectivity index (χ4n) is 2.69. The fourth-order valence-corrected chi connectivity index (χ4v) is 2.69. The number of anilines is 3. The Morgan fingerprint density at radius 1 is 0.952 bits per heavy atom. The van der Waals surface area contributed by atoms with Crippen LogP contribution in [0, 0.1) is 20.8 Å². The number of benzene rings is 1. The normalized spacial score (nSPS) is 14.5. The van der Waals surface area contributed by atoms with Crippen molar-refractivity contribution in [1.29, 1.82) is 0 Å². The lowest BCUT2D eigenvalue weighted by molar-refractivity contribution is 0.912. The molecule has 4 nitrogen and oxygen atoms in total. The maximum Gasteiger partial charge on any atom is 0.136 e. The van der Waals surface area contributed by atoms with E-state index in [4.69, 9.17) is 0 Å². The van der Waals surface area contributed by atoms with Gasteiger partial charge in [0.1, 0.15) is 17.5 Å². The van der Waals surface area contributed by atoms with Gasteiger partial charge in [-0.15, -0.1) is 0 Å². The van der Waals surface area contributed by atoms with Crippen LogP contribution in [0.2, 0.25) is 0 Å². The van der Waals surface area contributed by atoms with Gasteiger partial charge in [-0.1, -0.05) is 6.07 Å². The predicted octanol–water partition coefficient (Wildman–Crippen LogP) is 3.75. The Kier molecular flexibility index (Phi) is 3.78. The molecule has 1 fully saturated rings. The average Bonchev–Trinajstić information content (AvgIpc) is 2.96. The molecule has 0 atom stereocenters. The van der Waals surface area contributed by atoms with E-state index in [9.17, 15) is 0 Å². The Morgan fingerprint density at radius 2 is 1.71 bits per heavy atom. The first kappa shape index (κ1) is 13.9. The van der Waals surface area contributed by atoms with E-state index in [1.54, 1.807) is 0 Å². The van der Waals surface area contributed by atoms with E-state index in [0.717, 1.165) is 36.2 Å². The first-order valence-corrected chi connectivity index (χ1v) is 7.57. The van der Waals surface area contributed by atoms with E-state index in [1.165, 1.54) is 24.0 Å². The highest BCUT2D eigenvalue weighted by molar-refractivity contribution is 5.61. The van der Waals surface area contributed by atoms with Crippen molar-refractivity contribution in [1.82, 2.24) is 9.97 Å². The Hall–Kier alpha value is -2.10.